The number of nitrogens with zero attached hydrogens (tertiary/aromatic N) is 2. The van der Waals surface area contributed by atoms with Crippen LogP contribution in [0.25, 0.3) is 10.9 Å². The molecule has 1 aromatic heterocycles. The molecule has 1 atom stereocenters. The van der Waals surface area contributed by atoms with Crippen molar-refractivity contribution in [2.75, 3.05) is 33.3 Å². The summed E-state index contributed by atoms with van der Waals surface area (Å²) in [7, 11) is 1.28. The average Bonchev–Trinajstić information content (AvgIpc) is 3.14. The topological polar surface area (TPSA) is 94.7 Å². The van der Waals surface area contributed by atoms with Gasteiger partial charge in [-0.25, -0.2) is 9.59 Å². The number of methoxy groups -OCH3 is 1. The van der Waals surface area contributed by atoms with Crippen molar-refractivity contribution in [3.05, 3.63) is 36.0 Å². The molecule has 0 bridgehead atoms. The SMILES string of the molecule is COC(=O)[C@H](C)NC(=O)N1CCN(C(=O)CCc2c[nH]c3ccccc23)CC1. The number of hydrogen-bond donors (Lipinski definition) is 2. The quantitative estimate of drug-likeness (QED) is 0.762. The van der Waals surface area contributed by atoms with Crippen molar-refractivity contribution in [1.29, 1.82) is 0 Å². The van der Waals surface area contributed by atoms with Gasteiger partial charge < -0.3 is 24.8 Å². The lowest BCUT2D eigenvalue weighted by atomic mass is 10.1. The van der Waals surface area contributed by atoms with Crippen LogP contribution in [0.4, 0.5) is 4.79 Å². The molecule has 0 spiro atoms. The molecule has 1 fully saturated rings. The Labute approximate surface area is 163 Å². The highest BCUT2D eigenvalue weighted by Crippen LogP contribution is 2.19. The molecule has 1 aromatic carbocycles. The average molecular weight is 386 g/mol. The Morgan fingerprint density at radius 1 is 1.14 bits per heavy atom. The Kier molecular flexibility index (Phi) is 6.18. The van der Waals surface area contributed by atoms with Crippen molar-refractivity contribution >= 4 is 28.8 Å². The number of carbonyl (C=O) groups excluding carboxylic acids is 3. The predicted octanol–water partition coefficient (Wildman–Crippen LogP) is 1.52. The number of aromatic nitrogens is 1. The number of esters is 1. The van der Waals surface area contributed by atoms with Crippen LogP contribution in [-0.2, 0) is 20.7 Å². The van der Waals surface area contributed by atoms with Crippen LogP contribution < -0.4 is 5.32 Å². The summed E-state index contributed by atoms with van der Waals surface area (Å²) in [4.78, 5) is 42.8. The first kappa shape index (κ1) is 19.7. The lowest BCUT2D eigenvalue weighted by molar-refractivity contribution is -0.142. The fraction of sp³-hybridized carbons (Fsp3) is 0.450. The molecule has 2 heterocycles. The zero-order chi connectivity index (χ0) is 20.1. The summed E-state index contributed by atoms with van der Waals surface area (Å²) in [6.45, 7) is 3.45. The number of aryl methyl sites for hydroxylation is 1. The van der Waals surface area contributed by atoms with Gasteiger partial charge in [0.1, 0.15) is 6.04 Å². The van der Waals surface area contributed by atoms with E-state index in [-0.39, 0.29) is 11.9 Å². The van der Waals surface area contributed by atoms with Gasteiger partial charge >= 0.3 is 12.0 Å². The van der Waals surface area contributed by atoms with E-state index in [9.17, 15) is 14.4 Å². The number of nitrogens with one attached hydrogen (secondary N) is 2. The second kappa shape index (κ2) is 8.77. The normalized spacial score (nSPS) is 15.4. The van der Waals surface area contributed by atoms with E-state index in [0.717, 1.165) is 16.5 Å². The summed E-state index contributed by atoms with van der Waals surface area (Å²) in [6, 6.07) is 7.03. The third kappa shape index (κ3) is 4.44. The van der Waals surface area contributed by atoms with Crippen molar-refractivity contribution < 1.29 is 19.1 Å². The largest absolute Gasteiger partial charge is 0.467 e. The lowest BCUT2D eigenvalue weighted by Crippen LogP contribution is -2.55. The fourth-order valence-corrected chi connectivity index (χ4v) is 3.41. The molecule has 150 valence electrons. The number of urea groups is 1. The first-order chi connectivity index (χ1) is 13.5. The molecule has 3 amide bonds. The number of carbonyl (C=O) groups is 3. The molecule has 2 N–H and O–H groups in total. The van der Waals surface area contributed by atoms with Crippen molar-refractivity contribution in [3.8, 4) is 0 Å². The Bertz CT molecular complexity index is 855. The highest BCUT2D eigenvalue weighted by Gasteiger charge is 2.26. The number of hydrogen-bond acceptors (Lipinski definition) is 4. The summed E-state index contributed by atoms with van der Waals surface area (Å²) in [5.41, 5.74) is 2.21. The van der Waals surface area contributed by atoms with Gasteiger partial charge in [-0.15, -0.1) is 0 Å². The Morgan fingerprint density at radius 3 is 2.54 bits per heavy atom. The van der Waals surface area contributed by atoms with Crippen molar-refractivity contribution in [2.24, 2.45) is 0 Å². The van der Waals surface area contributed by atoms with Gasteiger partial charge in [-0.2, -0.15) is 0 Å². The Balaban J connectivity index is 1.46. The van der Waals surface area contributed by atoms with Gasteiger partial charge in [-0.05, 0) is 25.0 Å². The highest BCUT2D eigenvalue weighted by molar-refractivity contribution is 5.85. The van der Waals surface area contributed by atoms with Gasteiger partial charge in [0.25, 0.3) is 0 Å². The molecule has 1 aliphatic heterocycles. The molecule has 0 aliphatic carbocycles. The Hall–Kier alpha value is -3.03. The van der Waals surface area contributed by atoms with Crippen LogP contribution in [0.5, 0.6) is 0 Å². The third-order valence-electron chi connectivity index (χ3n) is 5.10. The monoisotopic (exact) mass is 386 g/mol. The highest BCUT2D eigenvalue weighted by atomic mass is 16.5. The molecule has 1 saturated heterocycles. The van der Waals surface area contributed by atoms with E-state index in [2.05, 4.69) is 21.1 Å². The zero-order valence-electron chi connectivity index (χ0n) is 16.2. The van der Waals surface area contributed by atoms with Gasteiger partial charge in [-0.1, -0.05) is 18.2 Å². The maximum absolute atomic E-state index is 12.5. The van der Waals surface area contributed by atoms with E-state index < -0.39 is 12.0 Å². The molecular weight excluding hydrogens is 360 g/mol. The Morgan fingerprint density at radius 2 is 1.82 bits per heavy atom. The number of rotatable bonds is 5. The summed E-state index contributed by atoms with van der Waals surface area (Å²) in [5.74, 6) is -0.396. The molecule has 28 heavy (non-hydrogen) atoms. The van der Waals surface area contributed by atoms with E-state index in [1.165, 1.54) is 7.11 Å². The van der Waals surface area contributed by atoms with Gasteiger partial charge in [-0.3, -0.25) is 4.79 Å². The molecule has 8 heteroatoms. The number of benzene rings is 1. The molecule has 2 aromatic rings. The second-order valence-corrected chi connectivity index (χ2v) is 6.92. The first-order valence-electron chi connectivity index (χ1n) is 9.45. The summed E-state index contributed by atoms with van der Waals surface area (Å²) < 4.78 is 4.61. The third-order valence-corrected chi connectivity index (χ3v) is 5.10. The minimum Gasteiger partial charge on any atom is -0.467 e. The van der Waals surface area contributed by atoms with Crippen LogP contribution in [0.15, 0.2) is 30.5 Å². The number of aromatic amines is 1. The standard InChI is InChI=1S/C20H26N4O4/c1-14(19(26)28-2)22-20(27)24-11-9-23(10-12-24)18(25)8-7-15-13-21-17-6-4-3-5-16(15)17/h3-6,13-14,21H,7-12H2,1-2H3,(H,22,27)/t14-/m0/s1. The van der Waals surface area contributed by atoms with Gasteiger partial charge in [0.05, 0.1) is 7.11 Å². The van der Waals surface area contributed by atoms with Gasteiger partial charge in [0.2, 0.25) is 5.91 Å². The minimum absolute atomic E-state index is 0.0910. The molecule has 0 saturated carbocycles. The maximum atomic E-state index is 12.5. The number of fused-ring (bicyclic) bond motifs is 1. The van der Waals surface area contributed by atoms with Crippen LogP contribution in [0, 0.1) is 0 Å². The van der Waals surface area contributed by atoms with E-state index >= 15 is 0 Å². The maximum Gasteiger partial charge on any atom is 0.328 e. The summed E-state index contributed by atoms with van der Waals surface area (Å²) in [5, 5.41) is 3.76. The molecule has 0 unspecified atom stereocenters. The van der Waals surface area contributed by atoms with Crippen LogP contribution in [0.2, 0.25) is 0 Å². The molecule has 3 rings (SSSR count). The van der Waals surface area contributed by atoms with Gasteiger partial charge in [0.15, 0.2) is 0 Å². The van der Waals surface area contributed by atoms with E-state index in [1.54, 1.807) is 16.7 Å². The van der Waals surface area contributed by atoms with Gasteiger partial charge in [0, 0.05) is 49.7 Å². The molecular formula is C20H26N4O4. The lowest BCUT2D eigenvalue weighted by Gasteiger charge is -2.35. The van der Waals surface area contributed by atoms with Crippen LogP contribution in [-0.4, -0.2) is 72.0 Å². The number of H-pyrrole nitrogens is 1. The molecule has 0 radical (unpaired) electrons. The number of ether oxygens (including phenoxy) is 1. The van der Waals surface area contributed by atoms with E-state index in [1.807, 2.05) is 24.4 Å². The molecule has 1 aliphatic rings. The summed E-state index contributed by atoms with van der Waals surface area (Å²) in [6.07, 6.45) is 3.08. The van der Waals surface area contributed by atoms with E-state index in [0.29, 0.717) is 39.0 Å². The number of amides is 3. The van der Waals surface area contributed by atoms with E-state index in [4.69, 9.17) is 0 Å². The fourth-order valence-electron chi connectivity index (χ4n) is 3.41. The van der Waals surface area contributed by atoms with Crippen LogP contribution >= 0.6 is 0 Å². The van der Waals surface area contributed by atoms with Crippen molar-refractivity contribution in [3.63, 3.8) is 0 Å². The minimum atomic E-state index is -0.701. The van der Waals surface area contributed by atoms with Crippen LogP contribution in [0.3, 0.4) is 0 Å². The number of para-hydroxylation sites is 1. The number of piperazine rings is 1. The van der Waals surface area contributed by atoms with Crippen molar-refractivity contribution in [1.82, 2.24) is 20.1 Å². The second-order valence-electron chi connectivity index (χ2n) is 6.92. The van der Waals surface area contributed by atoms with Crippen molar-refractivity contribution in [2.45, 2.75) is 25.8 Å². The first-order valence-corrected chi connectivity index (χ1v) is 9.45. The zero-order valence-corrected chi connectivity index (χ0v) is 16.2. The summed E-state index contributed by atoms with van der Waals surface area (Å²) >= 11 is 0. The molecule has 8 nitrogen and oxygen atoms in total. The van der Waals surface area contributed by atoms with Crippen LogP contribution in [0.1, 0.15) is 18.9 Å². The smallest absolute Gasteiger partial charge is 0.328 e. The predicted molar refractivity (Wildman–Crippen MR) is 105 cm³/mol.